The van der Waals surface area contributed by atoms with Gasteiger partial charge in [-0.3, -0.25) is 9.59 Å². The lowest BCUT2D eigenvalue weighted by atomic mass is 10.0. The largest absolute Gasteiger partial charge is 0.487 e. The van der Waals surface area contributed by atoms with E-state index in [2.05, 4.69) is 30.9 Å². The van der Waals surface area contributed by atoms with E-state index < -0.39 is 17.4 Å². The monoisotopic (exact) mass is 516 g/mol. The highest BCUT2D eigenvalue weighted by Gasteiger charge is 2.35. The number of nitrogens with zero attached hydrogens (tertiary/aromatic N) is 1. The molecule has 2 aromatic carbocycles. The van der Waals surface area contributed by atoms with Gasteiger partial charge in [0.05, 0.1) is 12.1 Å². The number of fused-ring (bicyclic) bond motifs is 1. The second-order valence-electron chi connectivity index (χ2n) is 7.45. The molecule has 166 valence electrons. The van der Waals surface area contributed by atoms with E-state index in [9.17, 15) is 23.5 Å². The third-order valence-corrected chi connectivity index (χ3v) is 5.51. The number of benzene rings is 2. The van der Waals surface area contributed by atoms with E-state index in [1.807, 2.05) is 13.8 Å². The maximum Gasteiger partial charge on any atom is 0.487 e. The van der Waals surface area contributed by atoms with Crippen LogP contribution in [-0.2, 0) is 11.2 Å². The number of anilines is 2. The van der Waals surface area contributed by atoms with Crippen LogP contribution >= 0.6 is 27.5 Å². The van der Waals surface area contributed by atoms with Gasteiger partial charge in [0.15, 0.2) is 0 Å². The number of halogens is 4. The van der Waals surface area contributed by atoms with Crippen molar-refractivity contribution in [1.82, 2.24) is 0 Å². The van der Waals surface area contributed by atoms with Crippen molar-refractivity contribution in [2.24, 2.45) is 0 Å². The number of carboxylic acids is 1. The molecule has 1 amide bonds. The lowest BCUT2D eigenvalue weighted by molar-refractivity contribution is -0.137. The summed E-state index contributed by atoms with van der Waals surface area (Å²) < 4.78 is 30.3. The van der Waals surface area contributed by atoms with Crippen molar-refractivity contribution in [2.75, 3.05) is 10.2 Å². The molecule has 1 atom stereocenters. The van der Waals surface area contributed by atoms with Crippen molar-refractivity contribution < 1.29 is 28.2 Å². The van der Waals surface area contributed by atoms with Gasteiger partial charge in [0, 0.05) is 39.4 Å². The molecule has 0 spiro atoms. The molecule has 2 N–H and O–H groups in total. The first-order valence-corrected chi connectivity index (χ1v) is 10.6. The number of amides is 1. The number of hydrogen-bond donors (Lipinski definition) is 2. The molecule has 1 aliphatic rings. The van der Waals surface area contributed by atoms with Gasteiger partial charge < -0.3 is 20.1 Å². The normalized spacial score (nSPS) is 15.7. The van der Waals surface area contributed by atoms with Crippen LogP contribution in [0.25, 0.3) is 0 Å². The summed E-state index contributed by atoms with van der Waals surface area (Å²) in [6.45, 7) is 3.98. The molecule has 0 saturated heterocycles. The van der Waals surface area contributed by atoms with Crippen LogP contribution in [0.4, 0.5) is 20.2 Å². The maximum atomic E-state index is 12.7. The van der Waals surface area contributed by atoms with Gasteiger partial charge in [-0.1, -0.05) is 0 Å². The average Bonchev–Trinajstić information content (AvgIpc) is 3.00. The number of alkyl halides is 3. The number of aliphatic carboxylic acids is 1. The zero-order valence-corrected chi connectivity index (χ0v) is 19.0. The number of rotatable bonds is 7. The minimum atomic E-state index is -3.82. The van der Waals surface area contributed by atoms with Gasteiger partial charge in [-0.15, -0.1) is 8.78 Å². The van der Waals surface area contributed by atoms with E-state index in [0.717, 1.165) is 11.3 Å². The fraction of sp³-hybridized carbons (Fsp3) is 0.333. The van der Waals surface area contributed by atoms with E-state index in [1.165, 1.54) is 24.3 Å². The highest BCUT2D eigenvalue weighted by atomic mass is 79.9. The summed E-state index contributed by atoms with van der Waals surface area (Å²) in [5.41, 5.74) is -1.27. The fourth-order valence-electron chi connectivity index (χ4n) is 3.76. The van der Waals surface area contributed by atoms with E-state index in [0.29, 0.717) is 22.1 Å². The first kappa shape index (κ1) is 23.3. The van der Waals surface area contributed by atoms with Gasteiger partial charge in [0.25, 0.3) is 5.91 Å². The Kier molecular flexibility index (Phi) is 6.76. The quantitative estimate of drug-likeness (QED) is 0.475. The molecule has 1 aliphatic heterocycles. The van der Waals surface area contributed by atoms with Crippen molar-refractivity contribution in [3.63, 3.8) is 0 Å². The maximum absolute atomic E-state index is 12.7. The molecular weight excluding hydrogens is 498 g/mol. The molecule has 31 heavy (non-hydrogen) atoms. The van der Waals surface area contributed by atoms with Crippen LogP contribution in [0.5, 0.6) is 5.75 Å². The highest BCUT2D eigenvalue weighted by Crippen LogP contribution is 2.41. The van der Waals surface area contributed by atoms with E-state index in [-0.39, 0.29) is 24.3 Å². The summed E-state index contributed by atoms with van der Waals surface area (Å²) in [5, 5.41) is 12.0. The smallest absolute Gasteiger partial charge is 0.481 e. The van der Waals surface area contributed by atoms with Crippen molar-refractivity contribution in [3.8, 4) is 5.75 Å². The Morgan fingerprint density at radius 2 is 1.97 bits per heavy atom. The number of carboxylic acid groups (broad SMARTS) is 1. The van der Waals surface area contributed by atoms with Crippen molar-refractivity contribution in [2.45, 2.75) is 44.3 Å². The predicted molar refractivity (Wildman–Crippen MR) is 117 cm³/mol. The minimum absolute atomic E-state index is 0.00338. The third kappa shape index (κ3) is 5.65. The minimum Gasteiger partial charge on any atom is -0.481 e. The van der Waals surface area contributed by atoms with Crippen LogP contribution in [0.1, 0.15) is 36.2 Å². The van der Waals surface area contributed by atoms with Crippen LogP contribution in [0.3, 0.4) is 0 Å². The SMILES string of the molecule is CC(C)N1c2c(Br)cc(C(=O)Nc3ccc(OC(F)(F)Cl)cc3)cc2CC1CC(=O)O. The average molecular weight is 518 g/mol. The molecule has 1 unspecified atom stereocenters. The van der Waals surface area contributed by atoms with Crippen molar-refractivity contribution >= 4 is 50.8 Å². The molecule has 10 heteroatoms. The Balaban J connectivity index is 1.80. The predicted octanol–water partition coefficient (Wildman–Crippen LogP) is 5.48. The number of hydrogen-bond acceptors (Lipinski definition) is 4. The van der Waals surface area contributed by atoms with E-state index in [4.69, 9.17) is 11.6 Å². The number of carbonyl (C=O) groups excluding carboxylic acids is 1. The molecule has 2 aromatic rings. The number of nitrogens with one attached hydrogen (secondary N) is 1. The molecule has 0 fully saturated rings. The summed E-state index contributed by atoms with van der Waals surface area (Å²) in [5.74, 6) is -1.41. The molecular formula is C21H20BrClF2N2O4. The van der Waals surface area contributed by atoms with Crippen LogP contribution in [-0.4, -0.2) is 34.6 Å². The van der Waals surface area contributed by atoms with Crippen LogP contribution in [0.15, 0.2) is 40.9 Å². The summed E-state index contributed by atoms with van der Waals surface area (Å²) >= 11 is 8.26. The van der Waals surface area contributed by atoms with Crippen molar-refractivity contribution in [1.29, 1.82) is 0 Å². The molecule has 0 bridgehead atoms. The van der Waals surface area contributed by atoms with Crippen LogP contribution < -0.4 is 15.0 Å². The fourth-order valence-corrected chi connectivity index (χ4v) is 4.56. The van der Waals surface area contributed by atoms with Gasteiger partial charge in [-0.05, 0) is 78.2 Å². The zero-order valence-electron chi connectivity index (χ0n) is 16.7. The molecule has 0 aliphatic carbocycles. The number of carbonyl (C=O) groups is 2. The van der Waals surface area contributed by atoms with Gasteiger partial charge in [-0.2, -0.15) is 0 Å². The molecule has 0 radical (unpaired) electrons. The van der Waals surface area contributed by atoms with Gasteiger partial charge >= 0.3 is 11.5 Å². The Hall–Kier alpha value is -2.39. The molecule has 0 aromatic heterocycles. The first-order valence-electron chi connectivity index (χ1n) is 9.44. The van der Waals surface area contributed by atoms with Gasteiger partial charge in [0.2, 0.25) is 0 Å². The molecule has 6 nitrogen and oxygen atoms in total. The van der Waals surface area contributed by atoms with E-state index in [1.54, 1.807) is 12.1 Å². The molecule has 1 heterocycles. The zero-order chi connectivity index (χ0) is 22.9. The lowest BCUT2D eigenvalue weighted by Gasteiger charge is -2.31. The Morgan fingerprint density at radius 3 is 2.52 bits per heavy atom. The summed E-state index contributed by atoms with van der Waals surface area (Å²) in [7, 11) is 0. The van der Waals surface area contributed by atoms with Crippen LogP contribution in [0.2, 0.25) is 0 Å². The Bertz CT molecular complexity index is 996. The van der Waals surface area contributed by atoms with Crippen LogP contribution in [0, 0.1) is 0 Å². The van der Waals surface area contributed by atoms with Gasteiger partial charge in [-0.25, -0.2) is 0 Å². The summed E-state index contributed by atoms with van der Waals surface area (Å²) in [6, 6.07) is 8.68. The standard InChI is InChI=1S/C21H20BrClF2N2O4/c1-11(2)27-15(10-18(28)29)8-12-7-13(9-17(22)19(12)27)20(30)26-14-3-5-16(6-4-14)31-21(23,24)25/h3-7,9,11,15H,8,10H2,1-2H3,(H,26,30)(H,28,29). The van der Waals surface area contributed by atoms with Gasteiger partial charge in [0.1, 0.15) is 5.75 Å². The summed E-state index contributed by atoms with van der Waals surface area (Å²) in [6.07, 6.45) is 0.509. The highest BCUT2D eigenvalue weighted by molar-refractivity contribution is 9.10. The number of ether oxygens (including phenoxy) is 1. The third-order valence-electron chi connectivity index (χ3n) is 4.82. The molecule has 0 saturated carbocycles. The first-order chi connectivity index (χ1) is 14.4. The van der Waals surface area contributed by atoms with E-state index >= 15 is 0 Å². The summed E-state index contributed by atoms with van der Waals surface area (Å²) in [4.78, 5) is 26.1. The second kappa shape index (κ2) is 9.00. The Morgan fingerprint density at radius 1 is 1.32 bits per heavy atom. The topological polar surface area (TPSA) is 78.9 Å². The Labute approximate surface area is 191 Å². The second-order valence-corrected chi connectivity index (χ2v) is 8.74. The van der Waals surface area contributed by atoms with Crippen molar-refractivity contribution in [3.05, 3.63) is 52.0 Å². The molecule has 3 rings (SSSR count). The lowest BCUT2D eigenvalue weighted by Crippen LogP contribution is -2.39.